The highest BCUT2D eigenvalue weighted by atomic mass is 127. The van der Waals surface area contributed by atoms with Gasteiger partial charge in [0.15, 0.2) is 0 Å². The van der Waals surface area contributed by atoms with Gasteiger partial charge in [0.25, 0.3) is 11.6 Å². The highest BCUT2D eigenvalue weighted by Gasteiger charge is 2.15. The summed E-state index contributed by atoms with van der Waals surface area (Å²) in [5, 5.41) is 13.9. The topological polar surface area (TPSA) is 98.3 Å². The number of carbonyl (C=O) groups is 1. The van der Waals surface area contributed by atoms with E-state index in [4.69, 9.17) is 17.3 Å². The molecule has 8 heteroatoms. The van der Waals surface area contributed by atoms with Crippen molar-refractivity contribution in [1.82, 2.24) is 0 Å². The van der Waals surface area contributed by atoms with E-state index in [2.05, 4.69) is 5.32 Å². The normalized spacial score (nSPS) is 10.2. The fourth-order valence-electron chi connectivity index (χ4n) is 1.65. The third kappa shape index (κ3) is 3.61. The fourth-order valence-corrected chi connectivity index (χ4v) is 2.65. The lowest BCUT2D eigenvalue weighted by atomic mass is 10.1. The Balaban J connectivity index is 2.24. The molecule has 0 unspecified atom stereocenters. The van der Waals surface area contributed by atoms with Crippen molar-refractivity contribution < 1.29 is 9.72 Å². The molecule has 3 N–H and O–H groups in total. The van der Waals surface area contributed by atoms with E-state index in [9.17, 15) is 14.9 Å². The summed E-state index contributed by atoms with van der Waals surface area (Å²) in [5.74, 6) is -0.406. The summed E-state index contributed by atoms with van der Waals surface area (Å²) in [6.07, 6.45) is 0. The highest BCUT2D eigenvalue weighted by molar-refractivity contribution is 14.1. The second kappa shape index (κ2) is 6.27. The number of hydrogen-bond donors (Lipinski definition) is 2. The molecule has 6 nitrogen and oxygen atoms in total. The molecule has 0 fully saturated rings. The number of hydrogen-bond acceptors (Lipinski definition) is 4. The molecule has 0 saturated heterocycles. The number of nitro groups is 1. The van der Waals surface area contributed by atoms with Gasteiger partial charge in [-0.25, -0.2) is 0 Å². The van der Waals surface area contributed by atoms with Crippen LogP contribution in [0.15, 0.2) is 36.4 Å². The SMILES string of the molecule is Nc1cc(C(=O)Nc2ccc(Cl)cc2I)ccc1[N+](=O)[O-]. The smallest absolute Gasteiger partial charge is 0.292 e. The Morgan fingerprint density at radius 3 is 2.57 bits per heavy atom. The number of nitrogens with one attached hydrogen (secondary N) is 1. The van der Waals surface area contributed by atoms with Gasteiger partial charge in [-0.15, -0.1) is 0 Å². The van der Waals surface area contributed by atoms with Crippen LogP contribution in [0.5, 0.6) is 0 Å². The maximum Gasteiger partial charge on any atom is 0.292 e. The van der Waals surface area contributed by atoms with E-state index in [0.29, 0.717) is 10.7 Å². The Kier molecular flexibility index (Phi) is 4.63. The van der Waals surface area contributed by atoms with Crippen LogP contribution in [0.3, 0.4) is 0 Å². The molecule has 0 aliphatic rings. The average Bonchev–Trinajstić information content (AvgIpc) is 2.41. The van der Waals surface area contributed by atoms with Crippen molar-refractivity contribution in [1.29, 1.82) is 0 Å². The number of nitrogens with two attached hydrogens (primary N) is 1. The molecule has 0 aliphatic heterocycles. The van der Waals surface area contributed by atoms with Crippen molar-refractivity contribution in [2.45, 2.75) is 0 Å². The molecule has 2 aromatic carbocycles. The first-order chi connectivity index (χ1) is 9.88. The average molecular weight is 418 g/mol. The number of anilines is 2. The van der Waals surface area contributed by atoms with Crippen molar-refractivity contribution in [2.75, 3.05) is 11.1 Å². The first-order valence-corrected chi connectivity index (χ1v) is 7.14. The van der Waals surface area contributed by atoms with Gasteiger partial charge in [-0.1, -0.05) is 11.6 Å². The Bertz CT molecular complexity index is 737. The minimum atomic E-state index is -0.598. The zero-order valence-corrected chi connectivity index (χ0v) is 13.4. The number of rotatable bonds is 3. The van der Waals surface area contributed by atoms with Crippen molar-refractivity contribution in [3.8, 4) is 0 Å². The first-order valence-electron chi connectivity index (χ1n) is 5.69. The third-order valence-electron chi connectivity index (χ3n) is 2.67. The van der Waals surface area contributed by atoms with Crippen LogP contribution in [-0.2, 0) is 0 Å². The summed E-state index contributed by atoms with van der Waals surface area (Å²) in [6.45, 7) is 0. The molecule has 2 rings (SSSR count). The molecular weight excluding hydrogens is 409 g/mol. The second-order valence-electron chi connectivity index (χ2n) is 4.11. The summed E-state index contributed by atoms with van der Waals surface area (Å²) in [4.78, 5) is 22.2. The van der Waals surface area contributed by atoms with Crippen molar-refractivity contribution in [2.24, 2.45) is 0 Å². The summed E-state index contributed by atoms with van der Waals surface area (Å²) < 4.78 is 0.781. The van der Waals surface area contributed by atoms with Crippen LogP contribution in [-0.4, -0.2) is 10.8 Å². The molecule has 2 aromatic rings. The Morgan fingerprint density at radius 2 is 2.00 bits per heavy atom. The second-order valence-corrected chi connectivity index (χ2v) is 5.71. The standard InChI is InChI=1S/C13H9ClIN3O3/c14-8-2-3-11(9(15)6-8)17-13(19)7-1-4-12(18(20)21)10(16)5-7/h1-6H,16H2,(H,17,19). The Labute approximate surface area is 138 Å². The highest BCUT2D eigenvalue weighted by Crippen LogP contribution is 2.25. The molecule has 0 bridgehead atoms. The van der Waals surface area contributed by atoms with Gasteiger partial charge >= 0.3 is 0 Å². The molecule has 21 heavy (non-hydrogen) atoms. The summed E-state index contributed by atoms with van der Waals surface area (Å²) in [6, 6.07) is 8.88. The number of amides is 1. The number of nitrogen functional groups attached to an aromatic ring is 1. The molecule has 0 radical (unpaired) electrons. The van der Waals surface area contributed by atoms with Crippen LogP contribution in [0.2, 0.25) is 5.02 Å². The molecule has 1 amide bonds. The van der Waals surface area contributed by atoms with Gasteiger partial charge in [0.2, 0.25) is 0 Å². The van der Waals surface area contributed by atoms with Gasteiger partial charge < -0.3 is 11.1 Å². The summed E-state index contributed by atoms with van der Waals surface area (Å²) in [7, 11) is 0. The van der Waals surface area contributed by atoms with E-state index in [1.54, 1.807) is 18.2 Å². The molecule has 0 saturated carbocycles. The quantitative estimate of drug-likeness (QED) is 0.344. The summed E-state index contributed by atoms with van der Waals surface area (Å²) >= 11 is 7.89. The predicted molar refractivity (Wildman–Crippen MR) is 89.6 cm³/mol. The van der Waals surface area contributed by atoms with E-state index in [-0.39, 0.29) is 16.9 Å². The maximum absolute atomic E-state index is 12.1. The van der Waals surface area contributed by atoms with Gasteiger partial charge in [-0.3, -0.25) is 14.9 Å². The number of carbonyl (C=O) groups excluding carboxylic acids is 1. The molecule has 0 spiro atoms. The van der Waals surface area contributed by atoms with Gasteiger partial charge in [0, 0.05) is 20.2 Å². The first kappa shape index (κ1) is 15.5. The maximum atomic E-state index is 12.1. The van der Waals surface area contributed by atoms with Crippen LogP contribution in [0.4, 0.5) is 17.1 Å². The zero-order valence-electron chi connectivity index (χ0n) is 10.5. The number of nitrogens with zero attached hydrogens (tertiary/aromatic N) is 1. The Hall–Kier alpha value is -1.87. The number of nitro benzene ring substituents is 1. The lowest BCUT2D eigenvalue weighted by molar-refractivity contribution is -0.383. The van der Waals surface area contributed by atoms with Gasteiger partial charge in [-0.05, 0) is 52.9 Å². The van der Waals surface area contributed by atoms with E-state index >= 15 is 0 Å². The fraction of sp³-hybridized carbons (Fsp3) is 0. The molecule has 0 aliphatic carbocycles. The van der Waals surface area contributed by atoms with Crippen LogP contribution in [0.25, 0.3) is 0 Å². The predicted octanol–water partition coefficient (Wildman–Crippen LogP) is 3.69. The molecule has 0 heterocycles. The number of benzene rings is 2. The molecular formula is C13H9ClIN3O3. The molecule has 108 valence electrons. The lowest BCUT2D eigenvalue weighted by Gasteiger charge is -2.08. The van der Waals surface area contributed by atoms with E-state index in [1.165, 1.54) is 18.2 Å². The van der Waals surface area contributed by atoms with Crippen LogP contribution in [0.1, 0.15) is 10.4 Å². The minimum Gasteiger partial charge on any atom is -0.393 e. The molecule has 0 atom stereocenters. The largest absolute Gasteiger partial charge is 0.393 e. The zero-order chi connectivity index (χ0) is 15.6. The van der Waals surface area contributed by atoms with Crippen molar-refractivity contribution in [3.05, 3.63) is 60.7 Å². The van der Waals surface area contributed by atoms with Crippen LogP contribution in [0, 0.1) is 13.7 Å². The lowest BCUT2D eigenvalue weighted by Crippen LogP contribution is -2.13. The van der Waals surface area contributed by atoms with Gasteiger partial charge in [0.05, 0.1) is 10.6 Å². The van der Waals surface area contributed by atoms with Crippen molar-refractivity contribution in [3.63, 3.8) is 0 Å². The van der Waals surface area contributed by atoms with Crippen molar-refractivity contribution >= 4 is 57.2 Å². The van der Waals surface area contributed by atoms with E-state index in [0.717, 1.165) is 3.57 Å². The molecule has 0 aromatic heterocycles. The van der Waals surface area contributed by atoms with E-state index < -0.39 is 10.8 Å². The van der Waals surface area contributed by atoms with Crippen LogP contribution < -0.4 is 11.1 Å². The number of halogens is 2. The van der Waals surface area contributed by atoms with Gasteiger partial charge in [0.1, 0.15) is 5.69 Å². The third-order valence-corrected chi connectivity index (χ3v) is 3.79. The van der Waals surface area contributed by atoms with Gasteiger partial charge in [-0.2, -0.15) is 0 Å². The monoisotopic (exact) mass is 417 g/mol. The Morgan fingerprint density at radius 1 is 1.29 bits per heavy atom. The van der Waals surface area contributed by atoms with E-state index in [1.807, 2.05) is 22.6 Å². The minimum absolute atomic E-state index is 0.0570. The summed E-state index contributed by atoms with van der Waals surface area (Å²) in [5.41, 5.74) is 6.12. The van der Waals surface area contributed by atoms with Crippen LogP contribution >= 0.6 is 34.2 Å².